The van der Waals surface area contributed by atoms with E-state index in [2.05, 4.69) is 5.32 Å². The number of ether oxygens (including phenoxy) is 1. The van der Waals surface area contributed by atoms with Gasteiger partial charge in [0, 0.05) is 33.5 Å². The van der Waals surface area contributed by atoms with Gasteiger partial charge in [-0.15, -0.1) is 0 Å². The molecule has 28 heavy (non-hydrogen) atoms. The van der Waals surface area contributed by atoms with Gasteiger partial charge in [-0.05, 0) is 37.9 Å². The lowest BCUT2D eigenvalue weighted by Crippen LogP contribution is -2.46. The average molecular weight is 439 g/mol. The van der Waals surface area contributed by atoms with E-state index in [9.17, 15) is 14.2 Å². The number of carbonyl (C=O) groups is 2. The minimum Gasteiger partial charge on any atom is -0.385 e. The van der Waals surface area contributed by atoms with E-state index in [4.69, 9.17) is 14.2 Å². The van der Waals surface area contributed by atoms with E-state index in [0.717, 1.165) is 50.7 Å². The summed E-state index contributed by atoms with van der Waals surface area (Å²) in [5, 5.41) is 2.94. The lowest BCUT2D eigenvalue weighted by Gasteiger charge is -2.24. The second-order valence-corrected chi connectivity index (χ2v) is 9.95. The number of nitrogens with one attached hydrogen (secondary N) is 1. The summed E-state index contributed by atoms with van der Waals surface area (Å²) in [6.07, 6.45) is 5.86. The fourth-order valence-corrected chi connectivity index (χ4v) is 4.30. The fraction of sp³-hybridized carbons (Fsp3) is 0.889. The molecule has 1 aliphatic heterocycles. The van der Waals surface area contributed by atoms with Crippen molar-refractivity contribution in [1.82, 2.24) is 10.2 Å². The Morgan fingerprint density at radius 2 is 1.96 bits per heavy atom. The van der Waals surface area contributed by atoms with E-state index >= 15 is 0 Å². The number of methoxy groups -OCH3 is 1. The predicted molar refractivity (Wildman–Crippen MR) is 112 cm³/mol. The Morgan fingerprint density at radius 3 is 2.68 bits per heavy atom. The van der Waals surface area contributed by atoms with E-state index < -0.39 is 7.60 Å². The van der Waals surface area contributed by atoms with Crippen molar-refractivity contribution in [3.05, 3.63) is 0 Å². The number of carbonyl (C=O) groups excluding carboxylic acids is 2. The third kappa shape index (κ3) is 11.4. The van der Waals surface area contributed by atoms with Crippen LogP contribution in [0.3, 0.4) is 0 Å². The van der Waals surface area contributed by atoms with Crippen molar-refractivity contribution in [1.29, 1.82) is 0 Å². The van der Waals surface area contributed by atoms with Crippen LogP contribution in [0.15, 0.2) is 0 Å². The van der Waals surface area contributed by atoms with Gasteiger partial charge in [0.05, 0.1) is 12.4 Å². The van der Waals surface area contributed by atoms with Crippen molar-refractivity contribution < 1.29 is 28.3 Å². The summed E-state index contributed by atoms with van der Waals surface area (Å²) in [5.74, 6) is 1.26. The van der Waals surface area contributed by atoms with Crippen LogP contribution in [0.1, 0.15) is 44.9 Å². The minimum absolute atomic E-state index is 0.0390. The maximum Gasteiger partial charge on any atom is 0.325 e. The molecule has 0 aromatic heterocycles. The zero-order valence-corrected chi connectivity index (χ0v) is 18.8. The van der Waals surface area contributed by atoms with E-state index in [-0.39, 0.29) is 24.5 Å². The maximum absolute atomic E-state index is 12.4. The van der Waals surface area contributed by atoms with Gasteiger partial charge < -0.3 is 24.4 Å². The standard InChI is InChI=1S/C18H35N2O6PS/c1-25-12-8-14-28-15-17(21)20-11-7-9-16(20)18(22)19-10-5-3-4-6-13-26-27(2,23)24/h16H,3-15H2,1-2H3,(H,19,22)(H,23,24). The second-order valence-electron chi connectivity index (χ2n) is 6.99. The smallest absolute Gasteiger partial charge is 0.325 e. The van der Waals surface area contributed by atoms with Crippen LogP contribution in [0, 0.1) is 0 Å². The number of amides is 2. The van der Waals surface area contributed by atoms with Gasteiger partial charge in [-0.2, -0.15) is 11.8 Å². The first-order valence-corrected chi connectivity index (χ1v) is 13.1. The topological polar surface area (TPSA) is 105 Å². The van der Waals surface area contributed by atoms with Crippen molar-refractivity contribution in [2.75, 3.05) is 51.6 Å². The summed E-state index contributed by atoms with van der Waals surface area (Å²) >= 11 is 1.59. The van der Waals surface area contributed by atoms with E-state index in [0.29, 0.717) is 25.4 Å². The highest BCUT2D eigenvalue weighted by molar-refractivity contribution is 7.99. The molecule has 1 rings (SSSR count). The molecule has 0 spiro atoms. The Hall–Kier alpha value is -0.600. The van der Waals surface area contributed by atoms with Crippen LogP contribution in [0.25, 0.3) is 0 Å². The number of likely N-dealkylation sites (tertiary alicyclic amines) is 1. The molecule has 2 atom stereocenters. The Morgan fingerprint density at radius 1 is 1.21 bits per heavy atom. The van der Waals surface area contributed by atoms with Crippen molar-refractivity contribution >= 4 is 31.2 Å². The molecule has 1 saturated heterocycles. The van der Waals surface area contributed by atoms with Gasteiger partial charge in [0.2, 0.25) is 11.8 Å². The van der Waals surface area contributed by atoms with Crippen LogP contribution in [0.5, 0.6) is 0 Å². The zero-order valence-electron chi connectivity index (χ0n) is 17.1. The van der Waals surface area contributed by atoms with Crippen molar-refractivity contribution in [2.45, 2.75) is 51.0 Å². The van der Waals surface area contributed by atoms with Crippen molar-refractivity contribution in [2.24, 2.45) is 0 Å². The fourth-order valence-electron chi connectivity index (χ4n) is 3.03. The van der Waals surface area contributed by atoms with Gasteiger partial charge >= 0.3 is 7.60 Å². The van der Waals surface area contributed by atoms with Crippen LogP contribution >= 0.6 is 19.4 Å². The Kier molecular flexibility index (Phi) is 13.1. The SMILES string of the molecule is COCCCSCC(=O)N1CCCC1C(=O)NCCCCCCOP(C)(=O)O. The van der Waals surface area contributed by atoms with Gasteiger partial charge in [0.15, 0.2) is 0 Å². The molecule has 10 heteroatoms. The Bertz CT molecular complexity index is 516. The Balaban J connectivity index is 2.15. The minimum atomic E-state index is -3.38. The molecule has 1 heterocycles. The Labute approximate surface area is 172 Å². The van der Waals surface area contributed by atoms with E-state index in [1.807, 2.05) is 0 Å². The number of unbranched alkanes of at least 4 members (excludes halogenated alkanes) is 3. The van der Waals surface area contributed by atoms with Crippen LogP contribution in [-0.2, 0) is 23.4 Å². The molecule has 0 saturated carbocycles. The van der Waals surface area contributed by atoms with Gasteiger partial charge in [0.1, 0.15) is 6.04 Å². The molecule has 164 valence electrons. The first-order chi connectivity index (χ1) is 13.3. The van der Waals surface area contributed by atoms with Crippen LogP contribution in [0.2, 0.25) is 0 Å². The van der Waals surface area contributed by atoms with Crippen LogP contribution < -0.4 is 5.32 Å². The van der Waals surface area contributed by atoms with Gasteiger partial charge in [-0.25, -0.2) is 0 Å². The monoisotopic (exact) mass is 438 g/mol. The predicted octanol–water partition coefficient (Wildman–Crippen LogP) is 2.26. The largest absolute Gasteiger partial charge is 0.385 e. The van der Waals surface area contributed by atoms with E-state index in [1.165, 1.54) is 6.66 Å². The number of thioether (sulfide) groups is 1. The molecule has 2 unspecified atom stereocenters. The third-order valence-corrected chi connectivity index (χ3v) is 6.13. The zero-order chi connectivity index (χ0) is 20.8. The second kappa shape index (κ2) is 14.4. The average Bonchev–Trinajstić information content (AvgIpc) is 3.12. The first-order valence-electron chi connectivity index (χ1n) is 9.94. The summed E-state index contributed by atoms with van der Waals surface area (Å²) in [4.78, 5) is 35.5. The molecule has 0 aromatic carbocycles. The molecule has 1 aliphatic rings. The highest BCUT2D eigenvalue weighted by Crippen LogP contribution is 2.36. The molecule has 8 nitrogen and oxygen atoms in total. The molecular formula is C18H35N2O6PS. The maximum atomic E-state index is 12.4. The van der Waals surface area contributed by atoms with Crippen molar-refractivity contribution in [3.8, 4) is 0 Å². The summed E-state index contributed by atoms with van der Waals surface area (Å²) in [5.41, 5.74) is 0. The molecule has 0 bridgehead atoms. The number of hydrogen-bond donors (Lipinski definition) is 2. The molecule has 1 fully saturated rings. The molecular weight excluding hydrogens is 403 g/mol. The molecule has 0 aromatic rings. The lowest BCUT2D eigenvalue weighted by atomic mass is 10.2. The molecule has 2 N–H and O–H groups in total. The molecule has 0 aliphatic carbocycles. The quantitative estimate of drug-likeness (QED) is 0.298. The van der Waals surface area contributed by atoms with Gasteiger partial charge in [-0.1, -0.05) is 12.8 Å². The highest BCUT2D eigenvalue weighted by atomic mass is 32.2. The van der Waals surface area contributed by atoms with E-state index in [1.54, 1.807) is 23.8 Å². The van der Waals surface area contributed by atoms with Crippen LogP contribution in [0.4, 0.5) is 0 Å². The normalized spacial score (nSPS) is 18.8. The first kappa shape index (κ1) is 25.4. The summed E-state index contributed by atoms with van der Waals surface area (Å²) in [6, 6.07) is -0.344. The van der Waals surface area contributed by atoms with Gasteiger partial charge in [-0.3, -0.25) is 14.2 Å². The molecule has 0 radical (unpaired) electrons. The number of rotatable bonds is 15. The third-order valence-electron chi connectivity index (χ3n) is 4.44. The summed E-state index contributed by atoms with van der Waals surface area (Å²) in [7, 11) is -1.71. The summed E-state index contributed by atoms with van der Waals surface area (Å²) in [6.45, 7) is 3.39. The number of nitrogens with zero attached hydrogens (tertiary/aromatic N) is 1. The number of hydrogen-bond acceptors (Lipinski definition) is 6. The van der Waals surface area contributed by atoms with Crippen molar-refractivity contribution in [3.63, 3.8) is 0 Å². The summed E-state index contributed by atoms with van der Waals surface area (Å²) < 4.78 is 20.8. The molecule has 2 amide bonds. The van der Waals surface area contributed by atoms with Gasteiger partial charge in [0.25, 0.3) is 0 Å². The lowest BCUT2D eigenvalue weighted by molar-refractivity contribution is -0.136. The highest BCUT2D eigenvalue weighted by Gasteiger charge is 2.33. The van der Waals surface area contributed by atoms with Crippen LogP contribution in [-0.4, -0.2) is 79.2 Å².